The Bertz CT molecular complexity index is 1400. The molecule has 0 aliphatic heterocycles. The minimum absolute atomic E-state index is 0.148. The van der Waals surface area contributed by atoms with E-state index in [1.807, 2.05) is 61.5 Å². The number of benzene rings is 2. The van der Waals surface area contributed by atoms with Gasteiger partial charge in [0, 0.05) is 0 Å². The highest BCUT2D eigenvalue weighted by Crippen LogP contribution is 2.44. The number of nitrogens with zero attached hydrogens (tertiary/aromatic N) is 5. The number of aromatic nitrogens is 1. The highest BCUT2D eigenvalue weighted by atomic mass is 32.1. The summed E-state index contributed by atoms with van der Waals surface area (Å²) < 4.78 is 18.5. The van der Waals surface area contributed by atoms with Crippen LogP contribution in [0.15, 0.2) is 75.1 Å². The van der Waals surface area contributed by atoms with Crippen molar-refractivity contribution in [3.63, 3.8) is 0 Å². The van der Waals surface area contributed by atoms with Gasteiger partial charge in [-0.2, -0.15) is 0 Å². The molecule has 0 aliphatic rings. The molecule has 0 atom stereocenters. The SMILES string of the molecule is CCOc1ccc(N=Nc2nc3sc(N=Nc4ccc(OCO[Si](C)(C)C(C)(C)C(C)C)cc4)cc3s2)cc1. The summed E-state index contributed by atoms with van der Waals surface area (Å²) in [5.41, 5.74) is 1.49. The molecule has 0 amide bonds. The molecule has 8 nitrogen and oxygen atoms in total. The molecule has 0 fully saturated rings. The molecule has 11 heteroatoms. The molecule has 39 heavy (non-hydrogen) atoms. The van der Waals surface area contributed by atoms with Crippen LogP contribution in [0.5, 0.6) is 11.5 Å². The number of hydrogen-bond acceptors (Lipinski definition) is 10. The van der Waals surface area contributed by atoms with Crippen LogP contribution in [0.2, 0.25) is 18.1 Å². The van der Waals surface area contributed by atoms with E-state index in [2.05, 4.69) is 66.2 Å². The fraction of sp³-hybridized carbons (Fsp3) is 0.393. The van der Waals surface area contributed by atoms with Crippen molar-refractivity contribution in [2.45, 2.75) is 52.8 Å². The quantitative estimate of drug-likeness (QED) is 0.0945. The lowest BCUT2D eigenvalue weighted by atomic mass is 9.99. The molecule has 2 heterocycles. The van der Waals surface area contributed by atoms with Gasteiger partial charge in [-0.3, -0.25) is 0 Å². The first kappa shape index (κ1) is 29.0. The normalized spacial score (nSPS) is 12.8. The maximum absolute atomic E-state index is 6.23. The van der Waals surface area contributed by atoms with Gasteiger partial charge in [-0.05, 0) is 85.6 Å². The van der Waals surface area contributed by atoms with Gasteiger partial charge in [0.05, 0.1) is 22.7 Å². The van der Waals surface area contributed by atoms with Crippen molar-refractivity contribution in [3.8, 4) is 11.5 Å². The predicted molar refractivity (Wildman–Crippen MR) is 163 cm³/mol. The summed E-state index contributed by atoms with van der Waals surface area (Å²) >= 11 is 2.94. The first-order valence-corrected chi connectivity index (χ1v) is 17.4. The second-order valence-corrected chi connectivity index (χ2v) is 17.0. The Labute approximate surface area is 238 Å². The Hall–Kier alpha value is -2.99. The highest BCUT2D eigenvalue weighted by molar-refractivity contribution is 7.30. The molecule has 0 aliphatic carbocycles. The molecule has 0 N–H and O–H groups in total. The maximum atomic E-state index is 6.23. The van der Waals surface area contributed by atoms with Gasteiger partial charge in [-0.25, -0.2) is 4.98 Å². The standard InChI is InChI=1S/C28H35N5O3S2Si/c1-8-34-22-13-9-21(10-14-22)31-33-27-29-26-24(37-27)17-25(38-26)32-30-20-11-15-23(16-12-20)35-18-36-39(6,7)28(4,5)19(2)3/h9-17,19H,8,18H2,1-7H3. The van der Waals surface area contributed by atoms with E-state index >= 15 is 0 Å². The molecular weight excluding hydrogens is 547 g/mol. The molecule has 0 saturated heterocycles. The lowest BCUT2D eigenvalue weighted by Gasteiger charge is -2.42. The van der Waals surface area contributed by atoms with Crippen LogP contribution in [0.4, 0.5) is 21.5 Å². The Morgan fingerprint density at radius 3 is 2.00 bits per heavy atom. The van der Waals surface area contributed by atoms with Gasteiger partial charge in [-0.1, -0.05) is 50.4 Å². The van der Waals surface area contributed by atoms with Crippen molar-refractivity contribution in [1.29, 1.82) is 0 Å². The average molecular weight is 582 g/mol. The fourth-order valence-corrected chi connectivity index (χ4v) is 7.49. The van der Waals surface area contributed by atoms with Crippen LogP contribution in [0.25, 0.3) is 9.53 Å². The number of rotatable bonds is 12. The molecule has 4 rings (SSSR count). The minimum atomic E-state index is -1.92. The zero-order chi connectivity index (χ0) is 28.0. The summed E-state index contributed by atoms with van der Waals surface area (Å²) in [6.07, 6.45) is 0. The van der Waals surface area contributed by atoms with Crippen LogP contribution in [-0.4, -0.2) is 26.7 Å². The molecule has 0 saturated carbocycles. The third-order valence-electron chi connectivity index (χ3n) is 7.20. The summed E-state index contributed by atoms with van der Waals surface area (Å²) in [6.45, 7) is 16.4. The summed E-state index contributed by atoms with van der Waals surface area (Å²) in [5, 5.41) is 18.8. The van der Waals surface area contributed by atoms with Crippen molar-refractivity contribution in [2.75, 3.05) is 13.4 Å². The van der Waals surface area contributed by atoms with Crippen molar-refractivity contribution < 1.29 is 13.9 Å². The van der Waals surface area contributed by atoms with E-state index in [4.69, 9.17) is 13.9 Å². The van der Waals surface area contributed by atoms with Gasteiger partial charge in [0.15, 0.2) is 15.1 Å². The van der Waals surface area contributed by atoms with E-state index in [9.17, 15) is 0 Å². The second-order valence-electron chi connectivity index (χ2n) is 10.4. The van der Waals surface area contributed by atoms with Crippen LogP contribution in [0, 0.1) is 5.92 Å². The predicted octanol–water partition coefficient (Wildman–Crippen LogP) is 10.6. The summed E-state index contributed by atoms with van der Waals surface area (Å²) in [4.78, 5) is 5.42. The summed E-state index contributed by atoms with van der Waals surface area (Å²) in [5.74, 6) is 2.10. The van der Waals surface area contributed by atoms with E-state index in [1.54, 1.807) is 0 Å². The number of hydrogen-bond donors (Lipinski definition) is 0. The van der Waals surface area contributed by atoms with Gasteiger partial charge in [-0.15, -0.1) is 20.5 Å². The van der Waals surface area contributed by atoms with Crippen molar-refractivity contribution in [1.82, 2.24) is 4.98 Å². The molecule has 0 bridgehead atoms. The average Bonchev–Trinajstić information content (AvgIpc) is 3.46. The molecule has 2 aromatic carbocycles. The van der Waals surface area contributed by atoms with E-state index in [0.717, 1.165) is 37.4 Å². The second kappa shape index (κ2) is 12.5. The third-order valence-corrected chi connectivity index (χ3v) is 13.7. The first-order chi connectivity index (χ1) is 18.6. The largest absolute Gasteiger partial charge is 0.494 e. The monoisotopic (exact) mass is 581 g/mol. The fourth-order valence-electron chi connectivity index (χ4n) is 3.52. The lowest BCUT2D eigenvalue weighted by molar-refractivity contribution is 0.102. The third kappa shape index (κ3) is 7.36. The molecule has 0 spiro atoms. The van der Waals surface area contributed by atoms with Gasteiger partial charge in [0.1, 0.15) is 21.3 Å². The van der Waals surface area contributed by atoms with Gasteiger partial charge in [0.2, 0.25) is 5.13 Å². The number of fused-ring (bicyclic) bond motifs is 1. The lowest BCUT2D eigenvalue weighted by Crippen LogP contribution is -2.45. The Kier molecular flexibility index (Phi) is 9.26. The molecule has 0 radical (unpaired) electrons. The van der Waals surface area contributed by atoms with Crippen LogP contribution in [0.1, 0.15) is 34.6 Å². The molecule has 4 aromatic rings. The smallest absolute Gasteiger partial charge is 0.231 e. The number of azo groups is 2. The first-order valence-electron chi connectivity index (χ1n) is 12.9. The van der Waals surface area contributed by atoms with Crippen LogP contribution >= 0.6 is 22.7 Å². The van der Waals surface area contributed by atoms with Crippen molar-refractivity contribution in [3.05, 3.63) is 54.6 Å². The molecule has 0 unspecified atom stereocenters. The van der Waals surface area contributed by atoms with Crippen LogP contribution in [0.3, 0.4) is 0 Å². The van der Waals surface area contributed by atoms with E-state index in [-0.39, 0.29) is 11.8 Å². The van der Waals surface area contributed by atoms with E-state index in [1.165, 1.54) is 22.7 Å². The number of ether oxygens (including phenoxy) is 2. The molecular formula is C28H35N5O3S2Si. The summed E-state index contributed by atoms with van der Waals surface area (Å²) in [7, 11) is -1.92. The zero-order valence-corrected chi connectivity index (χ0v) is 26.1. The molecule has 2 aromatic heterocycles. The Morgan fingerprint density at radius 2 is 1.44 bits per heavy atom. The Balaban J connectivity index is 1.30. The van der Waals surface area contributed by atoms with Gasteiger partial charge < -0.3 is 13.9 Å². The van der Waals surface area contributed by atoms with Crippen molar-refractivity contribution >= 4 is 62.0 Å². The topological polar surface area (TPSA) is 90.0 Å². The Morgan fingerprint density at radius 1 is 0.846 bits per heavy atom. The minimum Gasteiger partial charge on any atom is -0.494 e. The zero-order valence-electron chi connectivity index (χ0n) is 23.5. The van der Waals surface area contributed by atoms with Crippen LogP contribution in [-0.2, 0) is 4.43 Å². The van der Waals surface area contributed by atoms with Gasteiger partial charge in [0.25, 0.3) is 0 Å². The highest BCUT2D eigenvalue weighted by Gasteiger charge is 2.43. The number of thiophene rings is 1. The maximum Gasteiger partial charge on any atom is 0.231 e. The van der Waals surface area contributed by atoms with Gasteiger partial charge >= 0.3 is 0 Å². The van der Waals surface area contributed by atoms with E-state index < -0.39 is 8.32 Å². The van der Waals surface area contributed by atoms with Crippen LogP contribution < -0.4 is 9.47 Å². The number of thiazole rings is 1. The molecule has 206 valence electrons. The van der Waals surface area contributed by atoms with Crippen molar-refractivity contribution in [2.24, 2.45) is 26.4 Å². The van der Waals surface area contributed by atoms with E-state index in [0.29, 0.717) is 17.7 Å². The summed E-state index contributed by atoms with van der Waals surface area (Å²) in [6, 6.07) is 17.0.